The summed E-state index contributed by atoms with van der Waals surface area (Å²) in [4.78, 5) is 28.9. The van der Waals surface area contributed by atoms with E-state index < -0.39 is 0 Å². The van der Waals surface area contributed by atoms with Crippen LogP contribution in [0.2, 0.25) is 0 Å². The number of hydrogen-bond donors (Lipinski definition) is 4. The van der Waals surface area contributed by atoms with Crippen LogP contribution in [-0.4, -0.2) is 60.2 Å². The average Bonchev–Trinajstić information content (AvgIpc) is 3.24. The van der Waals surface area contributed by atoms with E-state index in [1.807, 2.05) is 36.1 Å². The number of hydrogen-bond acceptors (Lipinski definition) is 6. The molecule has 1 aromatic heterocycles. The minimum atomic E-state index is -0.173. The fourth-order valence-corrected chi connectivity index (χ4v) is 4.92. The highest BCUT2D eigenvalue weighted by Gasteiger charge is 2.14. The van der Waals surface area contributed by atoms with Gasteiger partial charge in [-0.2, -0.15) is 0 Å². The first-order valence-corrected chi connectivity index (χ1v) is 12.9. The molecule has 0 spiro atoms. The SMILES string of the molecule is C=C(C)CN(CCNCCc1ccc(O)c2[nH]c(=O)sc12)C(=O)CCNC[C@@H](C)c1ccccc1. The van der Waals surface area contributed by atoms with E-state index in [9.17, 15) is 14.7 Å². The number of fused-ring (bicyclic) bond motifs is 1. The molecule has 0 fully saturated rings. The van der Waals surface area contributed by atoms with E-state index in [1.165, 1.54) is 5.56 Å². The Morgan fingerprint density at radius 3 is 2.66 bits per heavy atom. The van der Waals surface area contributed by atoms with Crippen molar-refractivity contribution in [2.75, 3.05) is 39.3 Å². The lowest BCUT2D eigenvalue weighted by Gasteiger charge is -2.23. The Kier molecular flexibility index (Phi) is 10.1. The smallest absolute Gasteiger partial charge is 0.305 e. The maximum Gasteiger partial charge on any atom is 0.305 e. The first-order valence-electron chi connectivity index (χ1n) is 12.1. The largest absolute Gasteiger partial charge is 0.506 e. The van der Waals surface area contributed by atoms with Crippen molar-refractivity contribution in [3.8, 4) is 5.75 Å². The van der Waals surface area contributed by atoms with E-state index in [0.717, 1.165) is 40.1 Å². The number of aromatic amines is 1. The topological polar surface area (TPSA) is 97.5 Å². The first-order chi connectivity index (χ1) is 16.8. The van der Waals surface area contributed by atoms with Gasteiger partial charge in [0, 0.05) is 39.1 Å². The summed E-state index contributed by atoms with van der Waals surface area (Å²) in [6, 6.07) is 13.8. The molecule has 0 radical (unpaired) electrons. The highest BCUT2D eigenvalue weighted by molar-refractivity contribution is 7.16. The molecule has 188 valence electrons. The molecule has 0 saturated heterocycles. The van der Waals surface area contributed by atoms with E-state index in [0.29, 0.717) is 50.6 Å². The van der Waals surface area contributed by atoms with Crippen LogP contribution in [0.5, 0.6) is 5.75 Å². The summed E-state index contributed by atoms with van der Waals surface area (Å²) in [6.07, 6.45) is 1.18. The first kappa shape index (κ1) is 26.7. The number of benzene rings is 2. The third-order valence-electron chi connectivity index (χ3n) is 5.92. The lowest BCUT2D eigenvalue weighted by atomic mass is 10.0. The number of rotatable bonds is 14. The van der Waals surface area contributed by atoms with Crippen molar-refractivity contribution < 1.29 is 9.90 Å². The van der Waals surface area contributed by atoms with Crippen LogP contribution in [0.4, 0.5) is 0 Å². The molecule has 7 nitrogen and oxygen atoms in total. The number of aromatic nitrogens is 1. The maximum atomic E-state index is 12.8. The molecule has 0 aliphatic rings. The van der Waals surface area contributed by atoms with Crippen LogP contribution < -0.4 is 15.5 Å². The molecule has 0 bridgehead atoms. The predicted molar refractivity (Wildman–Crippen MR) is 144 cm³/mol. The van der Waals surface area contributed by atoms with E-state index >= 15 is 0 Å². The minimum absolute atomic E-state index is 0.0908. The van der Waals surface area contributed by atoms with Gasteiger partial charge in [-0.25, -0.2) is 0 Å². The van der Waals surface area contributed by atoms with Crippen molar-refractivity contribution in [1.82, 2.24) is 20.5 Å². The summed E-state index contributed by atoms with van der Waals surface area (Å²) >= 11 is 1.11. The molecule has 1 heterocycles. The van der Waals surface area contributed by atoms with Gasteiger partial charge in [0.1, 0.15) is 11.3 Å². The van der Waals surface area contributed by atoms with Gasteiger partial charge < -0.3 is 25.6 Å². The lowest BCUT2D eigenvalue weighted by Crippen LogP contribution is -2.39. The summed E-state index contributed by atoms with van der Waals surface area (Å²) < 4.78 is 0.796. The second-order valence-corrected chi connectivity index (χ2v) is 9.98. The van der Waals surface area contributed by atoms with Gasteiger partial charge in [0.05, 0.1) is 4.70 Å². The number of aromatic hydroxyl groups is 1. The molecule has 35 heavy (non-hydrogen) atoms. The zero-order chi connectivity index (χ0) is 25.2. The summed E-state index contributed by atoms with van der Waals surface area (Å²) in [5.41, 5.74) is 3.76. The van der Waals surface area contributed by atoms with E-state index in [-0.39, 0.29) is 16.5 Å². The number of nitrogens with zero attached hydrogens (tertiary/aromatic N) is 1. The van der Waals surface area contributed by atoms with Crippen molar-refractivity contribution in [2.24, 2.45) is 0 Å². The molecular weight excluding hydrogens is 460 g/mol. The fourth-order valence-electron chi connectivity index (χ4n) is 4.02. The van der Waals surface area contributed by atoms with Gasteiger partial charge in [-0.1, -0.05) is 66.8 Å². The zero-order valence-electron chi connectivity index (χ0n) is 20.6. The number of carbonyl (C=O) groups is 1. The van der Waals surface area contributed by atoms with Gasteiger partial charge in [-0.15, -0.1) is 0 Å². The Labute approximate surface area is 210 Å². The van der Waals surface area contributed by atoms with Gasteiger partial charge >= 0.3 is 4.87 Å². The third kappa shape index (κ3) is 8.06. The lowest BCUT2D eigenvalue weighted by molar-refractivity contribution is -0.130. The van der Waals surface area contributed by atoms with Gasteiger partial charge in [0.2, 0.25) is 5.91 Å². The molecule has 1 amide bonds. The molecule has 4 N–H and O–H groups in total. The highest BCUT2D eigenvalue weighted by atomic mass is 32.1. The monoisotopic (exact) mass is 496 g/mol. The van der Waals surface area contributed by atoms with Crippen molar-refractivity contribution in [3.63, 3.8) is 0 Å². The number of phenols is 1. The zero-order valence-corrected chi connectivity index (χ0v) is 21.4. The predicted octanol–water partition coefficient (Wildman–Crippen LogP) is 3.62. The van der Waals surface area contributed by atoms with Crippen LogP contribution in [0.3, 0.4) is 0 Å². The molecule has 3 rings (SSSR count). The molecular formula is C27H36N4O3S. The van der Waals surface area contributed by atoms with Crippen LogP contribution in [0, 0.1) is 0 Å². The van der Waals surface area contributed by atoms with Gasteiger partial charge in [0.25, 0.3) is 0 Å². The number of H-pyrrole nitrogens is 1. The van der Waals surface area contributed by atoms with Crippen LogP contribution in [0.1, 0.15) is 37.3 Å². The van der Waals surface area contributed by atoms with Crippen LogP contribution >= 0.6 is 11.3 Å². The second-order valence-electron chi connectivity index (χ2n) is 9.00. The van der Waals surface area contributed by atoms with Crippen LogP contribution in [0.15, 0.2) is 59.4 Å². The number of amides is 1. The third-order valence-corrected chi connectivity index (χ3v) is 6.87. The second kappa shape index (κ2) is 13.2. The summed E-state index contributed by atoms with van der Waals surface area (Å²) in [5.74, 6) is 0.601. The van der Waals surface area contributed by atoms with E-state index in [1.54, 1.807) is 6.07 Å². The molecule has 0 aliphatic carbocycles. The fraction of sp³-hybridized carbons (Fsp3) is 0.407. The Morgan fingerprint density at radius 1 is 1.14 bits per heavy atom. The average molecular weight is 497 g/mol. The molecule has 0 unspecified atom stereocenters. The minimum Gasteiger partial charge on any atom is -0.506 e. The number of phenolic OH excluding ortho intramolecular Hbond substituents is 1. The summed E-state index contributed by atoms with van der Waals surface area (Å²) in [7, 11) is 0. The number of thiazole rings is 1. The Hall–Kier alpha value is -2.94. The normalized spacial score (nSPS) is 12.1. The summed E-state index contributed by atoms with van der Waals surface area (Å²) in [6.45, 7) is 12.1. The standard InChI is InChI=1S/C27H36N4O3S/c1-19(2)18-31(24(33)12-14-29-17-20(3)21-7-5-4-6-8-21)16-15-28-13-11-22-9-10-23(32)25-26(22)35-27(34)30-25/h4-10,20,28-29,32H,1,11-18H2,2-3H3,(H,30,34)/t20-/m1/s1. The quantitative estimate of drug-likeness (QED) is 0.202. The molecule has 8 heteroatoms. The molecule has 0 aliphatic heterocycles. The van der Waals surface area contributed by atoms with Crippen molar-refractivity contribution in [3.05, 3.63) is 75.4 Å². The molecule has 3 aromatic rings. The number of nitrogens with one attached hydrogen (secondary N) is 3. The molecule has 1 atom stereocenters. The maximum absolute atomic E-state index is 12.8. The molecule has 0 saturated carbocycles. The Bertz CT molecular complexity index is 1170. The summed E-state index contributed by atoms with van der Waals surface area (Å²) in [5, 5.41) is 16.7. The van der Waals surface area contributed by atoms with Crippen molar-refractivity contribution in [2.45, 2.75) is 32.6 Å². The van der Waals surface area contributed by atoms with Crippen molar-refractivity contribution in [1.29, 1.82) is 0 Å². The highest BCUT2D eigenvalue weighted by Crippen LogP contribution is 2.27. The Balaban J connectivity index is 1.40. The van der Waals surface area contributed by atoms with E-state index in [2.05, 4.69) is 41.3 Å². The van der Waals surface area contributed by atoms with Crippen LogP contribution in [0.25, 0.3) is 10.2 Å². The van der Waals surface area contributed by atoms with Crippen molar-refractivity contribution >= 4 is 27.5 Å². The van der Waals surface area contributed by atoms with Gasteiger partial charge in [-0.05, 0) is 43.0 Å². The van der Waals surface area contributed by atoms with E-state index in [4.69, 9.17) is 0 Å². The van der Waals surface area contributed by atoms with Gasteiger partial charge in [0.15, 0.2) is 0 Å². The molecule has 2 aromatic carbocycles. The van der Waals surface area contributed by atoms with Crippen LogP contribution in [-0.2, 0) is 11.2 Å². The Morgan fingerprint density at radius 2 is 1.91 bits per heavy atom. The number of carbonyl (C=O) groups excluding carboxylic acids is 1. The van der Waals surface area contributed by atoms with Gasteiger partial charge in [-0.3, -0.25) is 9.59 Å².